The number of rotatable bonds is 3. The zero-order valence-electron chi connectivity index (χ0n) is 10.7. The van der Waals surface area contributed by atoms with Crippen LogP contribution in [0.2, 0.25) is 10.0 Å². The predicted molar refractivity (Wildman–Crippen MR) is 86.4 cm³/mol. The van der Waals surface area contributed by atoms with E-state index in [2.05, 4.69) is 15.9 Å². The molecule has 0 fully saturated rings. The number of nitrogens with zero attached hydrogens (tertiary/aromatic N) is 1. The Morgan fingerprint density at radius 1 is 1.15 bits per heavy atom. The minimum absolute atomic E-state index is 0.0441. The third-order valence-electron chi connectivity index (χ3n) is 2.82. The summed E-state index contributed by atoms with van der Waals surface area (Å²) in [5.41, 5.74) is 1.58. The van der Waals surface area contributed by atoms with Gasteiger partial charge in [-0.05, 0) is 35.9 Å². The summed E-state index contributed by atoms with van der Waals surface area (Å²) in [6.45, 7) is 0.474. The van der Waals surface area contributed by atoms with Crippen LogP contribution in [-0.4, -0.2) is 17.9 Å². The Balaban J connectivity index is 2.13. The molecule has 2 aromatic rings. The van der Waals surface area contributed by atoms with Crippen LogP contribution >= 0.6 is 39.1 Å². The van der Waals surface area contributed by atoms with Crippen molar-refractivity contribution in [3.63, 3.8) is 0 Å². The van der Waals surface area contributed by atoms with Gasteiger partial charge in [0.15, 0.2) is 0 Å². The molecule has 5 heteroatoms. The van der Waals surface area contributed by atoms with Gasteiger partial charge >= 0.3 is 0 Å². The Morgan fingerprint density at radius 2 is 1.90 bits per heavy atom. The number of hydrogen-bond acceptors (Lipinski definition) is 1. The van der Waals surface area contributed by atoms with E-state index >= 15 is 0 Å². The van der Waals surface area contributed by atoms with Crippen LogP contribution in [0.3, 0.4) is 0 Å². The molecule has 0 aliphatic heterocycles. The second-order valence-corrected chi connectivity index (χ2v) is 6.15. The van der Waals surface area contributed by atoms with Crippen molar-refractivity contribution < 1.29 is 4.79 Å². The van der Waals surface area contributed by atoms with Crippen molar-refractivity contribution in [2.24, 2.45) is 0 Å². The van der Waals surface area contributed by atoms with Gasteiger partial charge in [-0.2, -0.15) is 0 Å². The van der Waals surface area contributed by atoms with Gasteiger partial charge < -0.3 is 4.90 Å². The maximum Gasteiger partial charge on any atom is 0.253 e. The van der Waals surface area contributed by atoms with Gasteiger partial charge in [-0.3, -0.25) is 4.79 Å². The van der Waals surface area contributed by atoms with E-state index in [-0.39, 0.29) is 5.91 Å². The molecule has 104 valence electrons. The Morgan fingerprint density at radius 3 is 2.55 bits per heavy atom. The van der Waals surface area contributed by atoms with Crippen molar-refractivity contribution >= 4 is 45.0 Å². The Labute approximate surface area is 136 Å². The second kappa shape index (κ2) is 6.61. The normalized spacial score (nSPS) is 10.4. The van der Waals surface area contributed by atoms with E-state index in [4.69, 9.17) is 23.2 Å². The van der Waals surface area contributed by atoms with Gasteiger partial charge in [0, 0.05) is 23.6 Å². The summed E-state index contributed by atoms with van der Waals surface area (Å²) >= 11 is 15.2. The Bertz CT molecular complexity index is 646. The Hall–Kier alpha value is -1.03. The number of carbonyl (C=O) groups excluding carboxylic acids is 1. The third-order valence-corrected chi connectivity index (χ3v) is 4.05. The predicted octanol–water partition coefficient (Wildman–Crippen LogP) is 5.03. The zero-order valence-corrected chi connectivity index (χ0v) is 13.8. The molecule has 0 radical (unpaired) electrons. The van der Waals surface area contributed by atoms with E-state index in [0.717, 1.165) is 10.0 Å². The molecule has 2 rings (SSSR count). The maximum absolute atomic E-state index is 12.3. The SMILES string of the molecule is CN(Cc1ccc(Cl)c(Cl)c1)C(=O)c1cccc(Br)c1. The average molecular weight is 373 g/mol. The van der Waals surface area contributed by atoms with Gasteiger partial charge in [0.2, 0.25) is 0 Å². The smallest absolute Gasteiger partial charge is 0.253 e. The molecule has 2 aromatic carbocycles. The molecule has 0 aromatic heterocycles. The molecular formula is C15H12BrCl2NO. The average Bonchev–Trinajstić information content (AvgIpc) is 2.42. The summed E-state index contributed by atoms with van der Waals surface area (Å²) in [5, 5.41) is 1.00. The summed E-state index contributed by atoms with van der Waals surface area (Å²) in [5.74, 6) is -0.0441. The van der Waals surface area contributed by atoms with Crippen molar-refractivity contribution in [3.05, 3.63) is 68.1 Å². The minimum atomic E-state index is -0.0441. The number of amides is 1. The van der Waals surface area contributed by atoms with Crippen LogP contribution < -0.4 is 0 Å². The van der Waals surface area contributed by atoms with Crippen LogP contribution in [-0.2, 0) is 6.54 Å². The first kappa shape index (κ1) is 15.4. The molecular weight excluding hydrogens is 361 g/mol. The van der Waals surface area contributed by atoms with Crippen molar-refractivity contribution in [1.82, 2.24) is 4.90 Å². The number of hydrogen-bond donors (Lipinski definition) is 0. The van der Waals surface area contributed by atoms with Crippen LogP contribution in [0.5, 0.6) is 0 Å². The highest BCUT2D eigenvalue weighted by molar-refractivity contribution is 9.10. The summed E-state index contributed by atoms with van der Waals surface area (Å²) in [4.78, 5) is 13.9. The Kier molecular flexibility index (Phi) is 5.08. The topological polar surface area (TPSA) is 20.3 Å². The second-order valence-electron chi connectivity index (χ2n) is 4.42. The van der Waals surface area contributed by atoms with Crippen molar-refractivity contribution in [2.75, 3.05) is 7.05 Å². The highest BCUT2D eigenvalue weighted by Crippen LogP contribution is 2.23. The maximum atomic E-state index is 12.3. The molecule has 20 heavy (non-hydrogen) atoms. The first-order valence-electron chi connectivity index (χ1n) is 5.92. The number of benzene rings is 2. The van der Waals surface area contributed by atoms with Crippen LogP contribution in [0.1, 0.15) is 15.9 Å². The summed E-state index contributed by atoms with van der Waals surface area (Å²) in [6, 6.07) is 12.7. The van der Waals surface area contributed by atoms with Gasteiger partial charge in [-0.15, -0.1) is 0 Å². The fourth-order valence-electron chi connectivity index (χ4n) is 1.83. The molecule has 0 heterocycles. The van der Waals surface area contributed by atoms with Crippen molar-refractivity contribution in [2.45, 2.75) is 6.54 Å². The standard InChI is InChI=1S/C15H12BrCl2NO/c1-19(9-10-5-6-13(17)14(18)7-10)15(20)11-3-2-4-12(16)8-11/h2-8H,9H2,1H3. The monoisotopic (exact) mass is 371 g/mol. The molecule has 0 atom stereocenters. The van der Waals surface area contributed by atoms with E-state index in [9.17, 15) is 4.79 Å². The highest BCUT2D eigenvalue weighted by Gasteiger charge is 2.12. The lowest BCUT2D eigenvalue weighted by Crippen LogP contribution is -2.26. The number of halogens is 3. The first-order valence-corrected chi connectivity index (χ1v) is 7.47. The molecule has 0 bridgehead atoms. The first-order chi connectivity index (χ1) is 9.47. The van der Waals surface area contributed by atoms with Crippen LogP contribution in [0.15, 0.2) is 46.9 Å². The molecule has 0 aliphatic rings. The fourth-order valence-corrected chi connectivity index (χ4v) is 2.55. The summed E-state index contributed by atoms with van der Waals surface area (Å²) < 4.78 is 0.881. The van der Waals surface area contributed by atoms with Crippen molar-refractivity contribution in [1.29, 1.82) is 0 Å². The summed E-state index contributed by atoms with van der Waals surface area (Å²) in [7, 11) is 1.76. The number of carbonyl (C=O) groups is 1. The third kappa shape index (κ3) is 3.75. The molecule has 0 aliphatic carbocycles. The molecule has 0 N–H and O–H groups in total. The minimum Gasteiger partial charge on any atom is -0.337 e. The molecule has 0 saturated carbocycles. The molecule has 2 nitrogen and oxygen atoms in total. The van der Waals surface area contributed by atoms with E-state index < -0.39 is 0 Å². The lowest BCUT2D eigenvalue weighted by atomic mass is 10.1. The van der Waals surface area contributed by atoms with Gasteiger partial charge in [0.1, 0.15) is 0 Å². The molecule has 0 spiro atoms. The van der Waals surface area contributed by atoms with E-state index in [0.29, 0.717) is 22.2 Å². The summed E-state index contributed by atoms with van der Waals surface area (Å²) in [6.07, 6.45) is 0. The van der Waals surface area contributed by atoms with Crippen LogP contribution in [0.25, 0.3) is 0 Å². The largest absolute Gasteiger partial charge is 0.337 e. The van der Waals surface area contributed by atoms with Crippen molar-refractivity contribution in [3.8, 4) is 0 Å². The van der Waals surface area contributed by atoms with Crippen LogP contribution in [0, 0.1) is 0 Å². The zero-order chi connectivity index (χ0) is 14.7. The van der Waals surface area contributed by atoms with Crippen LogP contribution in [0.4, 0.5) is 0 Å². The molecule has 0 saturated heterocycles. The lowest BCUT2D eigenvalue weighted by Gasteiger charge is -2.17. The fraction of sp³-hybridized carbons (Fsp3) is 0.133. The van der Waals surface area contributed by atoms with Gasteiger partial charge in [-0.1, -0.05) is 51.3 Å². The van der Waals surface area contributed by atoms with E-state index in [1.165, 1.54) is 0 Å². The van der Waals surface area contributed by atoms with Gasteiger partial charge in [-0.25, -0.2) is 0 Å². The molecule has 1 amide bonds. The van der Waals surface area contributed by atoms with Gasteiger partial charge in [0.05, 0.1) is 10.0 Å². The van der Waals surface area contributed by atoms with E-state index in [1.54, 1.807) is 36.2 Å². The van der Waals surface area contributed by atoms with Gasteiger partial charge in [0.25, 0.3) is 5.91 Å². The molecule has 0 unspecified atom stereocenters. The quantitative estimate of drug-likeness (QED) is 0.739. The van der Waals surface area contributed by atoms with E-state index in [1.807, 2.05) is 18.2 Å². The lowest BCUT2D eigenvalue weighted by molar-refractivity contribution is 0.0785. The highest BCUT2D eigenvalue weighted by atomic mass is 79.9.